The molecule has 1 amide bonds. The highest BCUT2D eigenvalue weighted by atomic mass is 35.5. The van der Waals surface area contributed by atoms with Crippen LogP contribution in [0.25, 0.3) is 0 Å². The smallest absolute Gasteiger partial charge is 0.262 e. The van der Waals surface area contributed by atoms with Gasteiger partial charge in [-0.3, -0.25) is 4.79 Å². The lowest BCUT2D eigenvalue weighted by Gasteiger charge is -2.15. The van der Waals surface area contributed by atoms with Gasteiger partial charge in [0.05, 0.1) is 17.8 Å². The predicted octanol–water partition coefficient (Wildman–Crippen LogP) is 2.72. The van der Waals surface area contributed by atoms with Gasteiger partial charge in [-0.15, -0.1) is 0 Å². The molecule has 0 bridgehead atoms. The Morgan fingerprint density at radius 3 is 2.80 bits per heavy atom. The average Bonchev–Trinajstić information content (AvgIpc) is 2.77. The highest BCUT2D eigenvalue weighted by molar-refractivity contribution is 6.30. The number of anilines is 2. The zero-order valence-electron chi connectivity index (χ0n) is 10.9. The van der Waals surface area contributed by atoms with Gasteiger partial charge in [0.25, 0.3) is 5.91 Å². The normalized spacial score (nSPS) is 13.5. The molecule has 20 heavy (non-hydrogen) atoms. The van der Waals surface area contributed by atoms with Crippen LogP contribution in [0.1, 0.15) is 23.0 Å². The Balaban J connectivity index is 1.91. The van der Waals surface area contributed by atoms with E-state index in [1.807, 2.05) is 19.1 Å². The van der Waals surface area contributed by atoms with Gasteiger partial charge in [0.1, 0.15) is 0 Å². The molecule has 0 saturated carbocycles. The summed E-state index contributed by atoms with van der Waals surface area (Å²) < 4.78 is 0. The summed E-state index contributed by atoms with van der Waals surface area (Å²) in [5.74, 6) is 0.474. The molecule has 0 atom stereocenters. The number of aromatic nitrogens is 2. The number of nitrogens with zero attached hydrogens (tertiary/aromatic N) is 3. The first-order valence-corrected chi connectivity index (χ1v) is 6.74. The molecule has 1 N–H and O–H groups in total. The van der Waals surface area contributed by atoms with Crippen LogP contribution in [-0.2, 0) is 6.54 Å². The number of benzene rings is 1. The summed E-state index contributed by atoms with van der Waals surface area (Å²) in [6.45, 7) is 3.17. The van der Waals surface area contributed by atoms with Gasteiger partial charge in [0, 0.05) is 23.5 Å². The lowest BCUT2D eigenvalue weighted by Crippen LogP contribution is -2.22. The van der Waals surface area contributed by atoms with Gasteiger partial charge in [0.2, 0.25) is 5.95 Å². The van der Waals surface area contributed by atoms with Crippen molar-refractivity contribution in [2.24, 2.45) is 0 Å². The summed E-state index contributed by atoms with van der Waals surface area (Å²) in [7, 11) is 0. The second-order valence-electron chi connectivity index (χ2n) is 4.45. The topological polar surface area (TPSA) is 58.1 Å². The van der Waals surface area contributed by atoms with Crippen LogP contribution in [0.3, 0.4) is 0 Å². The van der Waals surface area contributed by atoms with E-state index in [-0.39, 0.29) is 5.91 Å². The van der Waals surface area contributed by atoms with E-state index in [1.165, 1.54) is 0 Å². The lowest BCUT2D eigenvalue weighted by molar-refractivity contribution is 0.0996. The number of carbonyl (C=O) groups is 1. The van der Waals surface area contributed by atoms with E-state index in [0.717, 1.165) is 17.9 Å². The number of carbonyl (C=O) groups excluding carboxylic acids is 1. The van der Waals surface area contributed by atoms with Crippen LogP contribution in [0.5, 0.6) is 0 Å². The number of fused-ring (bicyclic) bond motifs is 1. The molecule has 1 aromatic carbocycles. The minimum Gasteiger partial charge on any atom is -0.354 e. The van der Waals surface area contributed by atoms with Gasteiger partial charge in [-0.2, -0.15) is 0 Å². The van der Waals surface area contributed by atoms with Crippen LogP contribution in [0.2, 0.25) is 5.02 Å². The van der Waals surface area contributed by atoms with Crippen LogP contribution in [0.15, 0.2) is 30.5 Å². The third-order valence-electron chi connectivity index (χ3n) is 3.12. The highest BCUT2D eigenvalue weighted by Gasteiger charge is 2.30. The number of halogens is 1. The minimum absolute atomic E-state index is 0.0784. The molecule has 0 saturated heterocycles. The van der Waals surface area contributed by atoms with E-state index in [9.17, 15) is 4.79 Å². The summed E-state index contributed by atoms with van der Waals surface area (Å²) in [5, 5.41) is 3.69. The summed E-state index contributed by atoms with van der Waals surface area (Å²) in [4.78, 5) is 22.5. The summed E-state index contributed by atoms with van der Waals surface area (Å²) in [5.41, 5.74) is 2.11. The third-order valence-corrected chi connectivity index (χ3v) is 3.38. The summed E-state index contributed by atoms with van der Waals surface area (Å²) in [6, 6.07) is 7.18. The highest BCUT2D eigenvalue weighted by Crippen LogP contribution is 2.28. The molecule has 0 spiro atoms. The summed E-state index contributed by atoms with van der Waals surface area (Å²) >= 11 is 5.87. The van der Waals surface area contributed by atoms with Crippen molar-refractivity contribution in [2.75, 3.05) is 16.8 Å². The number of rotatable bonds is 3. The predicted molar refractivity (Wildman–Crippen MR) is 78.2 cm³/mol. The Morgan fingerprint density at radius 1 is 1.35 bits per heavy atom. The standard InChI is InChI=1S/C14H13ClN4O/c1-2-16-14-17-7-11-12(18-14)8-19(13(11)20)10-5-3-9(15)4-6-10/h3-7H,2,8H2,1H3,(H,16,17,18). The van der Waals surface area contributed by atoms with Gasteiger partial charge < -0.3 is 10.2 Å². The fraction of sp³-hybridized carbons (Fsp3) is 0.214. The van der Waals surface area contributed by atoms with Gasteiger partial charge in [0.15, 0.2) is 0 Å². The van der Waals surface area contributed by atoms with Gasteiger partial charge >= 0.3 is 0 Å². The first kappa shape index (κ1) is 12.9. The van der Waals surface area contributed by atoms with Crippen molar-refractivity contribution in [1.29, 1.82) is 0 Å². The molecule has 2 heterocycles. The Bertz CT molecular complexity index is 657. The molecule has 6 heteroatoms. The largest absolute Gasteiger partial charge is 0.354 e. The van der Waals surface area contributed by atoms with E-state index < -0.39 is 0 Å². The van der Waals surface area contributed by atoms with Gasteiger partial charge in [-0.05, 0) is 31.2 Å². The number of hydrogen-bond donors (Lipinski definition) is 1. The zero-order valence-corrected chi connectivity index (χ0v) is 11.7. The zero-order chi connectivity index (χ0) is 14.1. The maximum atomic E-state index is 12.3. The fourth-order valence-corrected chi connectivity index (χ4v) is 2.28. The molecule has 0 aliphatic carbocycles. The SMILES string of the molecule is CCNc1ncc2c(n1)CN(c1ccc(Cl)cc1)C2=O. The molecule has 0 fully saturated rings. The lowest BCUT2D eigenvalue weighted by atomic mass is 10.3. The van der Waals surface area contributed by atoms with Crippen LogP contribution in [-0.4, -0.2) is 22.4 Å². The molecule has 0 radical (unpaired) electrons. The van der Waals surface area contributed by atoms with Crippen molar-refractivity contribution >= 4 is 29.1 Å². The molecular formula is C14H13ClN4O. The Labute approximate surface area is 121 Å². The van der Waals surface area contributed by atoms with Crippen molar-refractivity contribution in [3.63, 3.8) is 0 Å². The van der Waals surface area contributed by atoms with E-state index in [2.05, 4.69) is 15.3 Å². The molecule has 1 aliphatic heterocycles. The van der Waals surface area contributed by atoms with E-state index in [0.29, 0.717) is 23.1 Å². The van der Waals surface area contributed by atoms with E-state index >= 15 is 0 Å². The quantitative estimate of drug-likeness (QED) is 0.943. The van der Waals surface area contributed by atoms with Crippen molar-refractivity contribution in [3.8, 4) is 0 Å². The first-order valence-electron chi connectivity index (χ1n) is 6.36. The Hall–Kier alpha value is -2.14. The van der Waals surface area contributed by atoms with Gasteiger partial charge in [-0.25, -0.2) is 9.97 Å². The molecule has 1 aliphatic rings. The molecule has 1 aromatic heterocycles. The monoisotopic (exact) mass is 288 g/mol. The number of nitrogens with one attached hydrogen (secondary N) is 1. The second kappa shape index (κ2) is 5.09. The molecule has 102 valence electrons. The van der Waals surface area contributed by atoms with Crippen molar-refractivity contribution in [3.05, 3.63) is 46.7 Å². The van der Waals surface area contributed by atoms with E-state index in [1.54, 1.807) is 23.2 Å². The summed E-state index contributed by atoms with van der Waals surface area (Å²) in [6.07, 6.45) is 1.58. The van der Waals surface area contributed by atoms with Crippen molar-refractivity contribution in [2.45, 2.75) is 13.5 Å². The molecule has 3 rings (SSSR count). The third kappa shape index (κ3) is 2.20. The average molecular weight is 289 g/mol. The Morgan fingerprint density at radius 2 is 2.10 bits per heavy atom. The first-order chi connectivity index (χ1) is 9.69. The minimum atomic E-state index is -0.0784. The second-order valence-corrected chi connectivity index (χ2v) is 4.89. The molecule has 5 nitrogen and oxygen atoms in total. The molecular weight excluding hydrogens is 276 g/mol. The van der Waals surface area contributed by atoms with Crippen LogP contribution in [0.4, 0.5) is 11.6 Å². The van der Waals surface area contributed by atoms with Gasteiger partial charge in [-0.1, -0.05) is 11.6 Å². The maximum absolute atomic E-state index is 12.3. The maximum Gasteiger partial charge on any atom is 0.262 e. The molecule has 0 unspecified atom stereocenters. The van der Waals surface area contributed by atoms with Crippen LogP contribution < -0.4 is 10.2 Å². The Kier molecular flexibility index (Phi) is 3.28. The van der Waals surface area contributed by atoms with Crippen LogP contribution >= 0.6 is 11.6 Å². The fourth-order valence-electron chi connectivity index (χ4n) is 2.16. The van der Waals surface area contributed by atoms with Crippen molar-refractivity contribution in [1.82, 2.24) is 9.97 Å². The van der Waals surface area contributed by atoms with Crippen LogP contribution in [0, 0.1) is 0 Å². The van der Waals surface area contributed by atoms with Crippen molar-refractivity contribution < 1.29 is 4.79 Å². The molecule has 2 aromatic rings. The van der Waals surface area contributed by atoms with E-state index in [4.69, 9.17) is 11.6 Å². The number of amides is 1. The number of hydrogen-bond acceptors (Lipinski definition) is 4.